The van der Waals surface area contributed by atoms with E-state index in [1.165, 1.54) is 17.1 Å². The first-order chi connectivity index (χ1) is 11.2. The summed E-state index contributed by atoms with van der Waals surface area (Å²) >= 11 is 0. The second kappa shape index (κ2) is 9.53. The van der Waals surface area contributed by atoms with Crippen LogP contribution in [0.3, 0.4) is 0 Å². The predicted octanol–water partition coefficient (Wildman–Crippen LogP) is 3.36. The molecule has 1 unspecified atom stereocenters. The zero-order valence-electron chi connectivity index (χ0n) is 15.6. The molecule has 7 heteroatoms. The summed E-state index contributed by atoms with van der Waals surface area (Å²) in [4.78, 5) is 0. The molecule has 1 rings (SSSR count). The third-order valence-corrected chi connectivity index (χ3v) is 9.44. The Morgan fingerprint density at radius 1 is 0.875 bits per heavy atom. The highest BCUT2D eigenvalue weighted by atomic mass is 32.2. The zero-order chi connectivity index (χ0) is 18.3. The first kappa shape index (κ1) is 21.9. The fourth-order valence-electron chi connectivity index (χ4n) is 3.28. The van der Waals surface area contributed by atoms with Crippen LogP contribution in [0, 0.1) is 0 Å². The zero-order valence-corrected chi connectivity index (χ0v) is 17.2. The van der Waals surface area contributed by atoms with Gasteiger partial charge in [0.05, 0.1) is 16.3 Å². The summed E-state index contributed by atoms with van der Waals surface area (Å²) in [6.07, 6.45) is 8.70. The van der Waals surface area contributed by atoms with Crippen molar-refractivity contribution in [3.05, 3.63) is 0 Å². The Labute approximate surface area is 149 Å². The fourth-order valence-corrected chi connectivity index (χ4v) is 6.81. The summed E-state index contributed by atoms with van der Waals surface area (Å²) in [5.41, 5.74) is 0. The Kier molecular flexibility index (Phi) is 8.70. The SMILES string of the molecule is CCCCCCCC(C)(CCCC)S(=O)(=O)N1CCS(=O)(=O)CC1. The standard InChI is InChI=1S/C17H35NO4S2/c1-4-6-8-9-10-12-17(3,11-7-5-2)24(21,22)18-13-15-23(19,20)16-14-18/h4-16H2,1-3H3. The molecule has 0 bridgehead atoms. The monoisotopic (exact) mass is 381 g/mol. The molecule has 0 N–H and O–H groups in total. The lowest BCUT2D eigenvalue weighted by Gasteiger charge is -2.37. The Morgan fingerprint density at radius 3 is 1.92 bits per heavy atom. The van der Waals surface area contributed by atoms with E-state index in [-0.39, 0.29) is 24.6 Å². The number of sulfone groups is 1. The van der Waals surface area contributed by atoms with Crippen LogP contribution in [-0.2, 0) is 19.9 Å². The largest absolute Gasteiger partial charge is 0.229 e. The molecule has 1 saturated heterocycles. The molecule has 144 valence electrons. The Bertz CT molecular complexity index is 557. The number of unbranched alkanes of at least 4 members (excludes halogenated alkanes) is 5. The lowest BCUT2D eigenvalue weighted by Crippen LogP contribution is -2.52. The van der Waals surface area contributed by atoms with Crippen molar-refractivity contribution in [2.75, 3.05) is 24.6 Å². The first-order valence-electron chi connectivity index (χ1n) is 9.38. The van der Waals surface area contributed by atoms with E-state index in [2.05, 4.69) is 13.8 Å². The summed E-state index contributed by atoms with van der Waals surface area (Å²) in [5, 5.41) is 0. The quantitative estimate of drug-likeness (QED) is 0.515. The molecule has 0 aromatic rings. The van der Waals surface area contributed by atoms with Crippen LogP contribution >= 0.6 is 0 Å². The second-order valence-corrected chi connectivity index (χ2v) is 12.0. The summed E-state index contributed by atoms with van der Waals surface area (Å²) < 4.78 is 50.2. The Balaban J connectivity index is 2.80. The molecule has 0 amide bonds. The molecule has 0 aliphatic carbocycles. The van der Waals surface area contributed by atoms with Crippen molar-refractivity contribution in [2.24, 2.45) is 0 Å². The van der Waals surface area contributed by atoms with E-state index in [0.717, 1.165) is 32.1 Å². The summed E-state index contributed by atoms with van der Waals surface area (Å²) in [6, 6.07) is 0. The molecule has 1 fully saturated rings. The molecule has 0 saturated carbocycles. The third-order valence-electron chi connectivity index (χ3n) is 5.13. The normalized spacial score (nSPS) is 21.5. The molecule has 0 radical (unpaired) electrons. The van der Waals surface area contributed by atoms with Crippen LogP contribution in [0.15, 0.2) is 0 Å². The van der Waals surface area contributed by atoms with Gasteiger partial charge in [-0.3, -0.25) is 0 Å². The van der Waals surface area contributed by atoms with E-state index in [9.17, 15) is 16.8 Å². The lowest BCUT2D eigenvalue weighted by molar-refractivity contribution is 0.375. The lowest BCUT2D eigenvalue weighted by atomic mass is 9.96. The van der Waals surface area contributed by atoms with Gasteiger partial charge in [0.2, 0.25) is 10.0 Å². The highest BCUT2D eigenvalue weighted by Crippen LogP contribution is 2.33. The molecule has 1 aliphatic rings. The van der Waals surface area contributed by atoms with Gasteiger partial charge in [0, 0.05) is 13.1 Å². The molecule has 5 nitrogen and oxygen atoms in total. The molecular formula is C17H35NO4S2. The number of hydrogen-bond donors (Lipinski definition) is 0. The van der Waals surface area contributed by atoms with Crippen LogP contribution in [0.25, 0.3) is 0 Å². The van der Waals surface area contributed by atoms with Crippen molar-refractivity contribution in [1.82, 2.24) is 4.31 Å². The molecule has 24 heavy (non-hydrogen) atoms. The van der Waals surface area contributed by atoms with E-state index < -0.39 is 24.6 Å². The van der Waals surface area contributed by atoms with Gasteiger partial charge in [-0.05, 0) is 19.8 Å². The van der Waals surface area contributed by atoms with Crippen molar-refractivity contribution in [3.63, 3.8) is 0 Å². The Hall–Kier alpha value is -0.140. The first-order valence-corrected chi connectivity index (χ1v) is 12.6. The van der Waals surface area contributed by atoms with Gasteiger partial charge in [0.25, 0.3) is 0 Å². The minimum absolute atomic E-state index is 0.0490. The van der Waals surface area contributed by atoms with Gasteiger partial charge in [0.1, 0.15) is 0 Å². The summed E-state index contributed by atoms with van der Waals surface area (Å²) in [5.74, 6) is -0.0980. The highest BCUT2D eigenvalue weighted by molar-refractivity contribution is 7.92. The molecular weight excluding hydrogens is 346 g/mol. The molecule has 1 atom stereocenters. The van der Waals surface area contributed by atoms with Gasteiger partial charge >= 0.3 is 0 Å². The van der Waals surface area contributed by atoms with E-state index in [1.54, 1.807) is 0 Å². The maximum atomic E-state index is 13.2. The van der Waals surface area contributed by atoms with Gasteiger partial charge in [-0.1, -0.05) is 58.8 Å². The Morgan fingerprint density at radius 2 is 1.38 bits per heavy atom. The predicted molar refractivity (Wildman–Crippen MR) is 100 cm³/mol. The smallest absolute Gasteiger partial charge is 0.219 e. The number of nitrogens with zero attached hydrogens (tertiary/aromatic N) is 1. The number of rotatable bonds is 11. The van der Waals surface area contributed by atoms with Crippen LogP contribution in [0.1, 0.15) is 78.6 Å². The van der Waals surface area contributed by atoms with Crippen molar-refractivity contribution >= 4 is 19.9 Å². The van der Waals surface area contributed by atoms with Crippen LogP contribution in [0.2, 0.25) is 0 Å². The summed E-state index contributed by atoms with van der Waals surface area (Å²) in [7, 11) is -6.54. The minimum atomic E-state index is -3.47. The van der Waals surface area contributed by atoms with E-state index in [1.807, 2.05) is 6.92 Å². The number of hydrogen-bond acceptors (Lipinski definition) is 4. The van der Waals surface area contributed by atoms with Gasteiger partial charge < -0.3 is 0 Å². The van der Waals surface area contributed by atoms with E-state index in [4.69, 9.17) is 0 Å². The fraction of sp³-hybridized carbons (Fsp3) is 1.00. The average Bonchev–Trinajstić information content (AvgIpc) is 2.52. The van der Waals surface area contributed by atoms with Gasteiger partial charge in [0.15, 0.2) is 9.84 Å². The summed E-state index contributed by atoms with van der Waals surface area (Å²) in [6.45, 7) is 6.33. The topological polar surface area (TPSA) is 71.5 Å². The maximum Gasteiger partial charge on any atom is 0.219 e. The van der Waals surface area contributed by atoms with E-state index >= 15 is 0 Å². The highest BCUT2D eigenvalue weighted by Gasteiger charge is 2.43. The van der Waals surface area contributed by atoms with Crippen molar-refractivity contribution in [2.45, 2.75) is 83.3 Å². The van der Waals surface area contributed by atoms with Crippen molar-refractivity contribution in [1.29, 1.82) is 0 Å². The van der Waals surface area contributed by atoms with Crippen molar-refractivity contribution in [3.8, 4) is 0 Å². The van der Waals surface area contributed by atoms with Crippen LogP contribution in [0.4, 0.5) is 0 Å². The number of sulfonamides is 1. The molecule has 0 spiro atoms. The van der Waals surface area contributed by atoms with Crippen LogP contribution in [-0.4, -0.2) is 50.5 Å². The minimum Gasteiger partial charge on any atom is -0.229 e. The van der Waals surface area contributed by atoms with Gasteiger partial charge in [-0.25, -0.2) is 16.8 Å². The molecule has 1 heterocycles. The molecule has 0 aromatic heterocycles. The van der Waals surface area contributed by atoms with Gasteiger partial charge in [-0.15, -0.1) is 0 Å². The van der Waals surface area contributed by atoms with Crippen LogP contribution in [0.5, 0.6) is 0 Å². The molecule has 0 aromatic carbocycles. The maximum absolute atomic E-state index is 13.2. The third kappa shape index (κ3) is 5.99. The molecule has 1 aliphatic heterocycles. The van der Waals surface area contributed by atoms with Crippen LogP contribution < -0.4 is 0 Å². The second-order valence-electron chi connectivity index (χ2n) is 7.27. The van der Waals surface area contributed by atoms with Gasteiger partial charge in [-0.2, -0.15) is 4.31 Å². The van der Waals surface area contributed by atoms with E-state index in [0.29, 0.717) is 12.8 Å². The van der Waals surface area contributed by atoms with Crippen molar-refractivity contribution < 1.29 is 16.8 Å². The average molecular weight is 382 g/mol.